The molecule has 104 valence electrons. The van der Waals surface area contributed by atoms with Crippen molar-refractivity contribution in [2.45, 2.75) is 30.7 Å². The summed E-state index contributed by atoms with van der Waals surface area (Å²) >= 11 is 1.81. The third kappa shape index (κ3) is 3.72. The van der Waals surface area contributed by atoms with Crippen LogP contribution in [-0.2, 0) is 11.3 Å². The number of hydrogen-bond acceptors (Lipinski definition) is 4. The Bertz CT molecular complexity index is 524. The van der Waals surface area contributed by atoms with Crippen molar-refractivity contribution in [2.24, 2.45) is 0 Å². The molecule has 0 atom stereocenters. The lowest BCUT2D eigenvalue weighted by Gasteiger charge is -2.08. The van der Waals surface area contributed by atoms with Crippen LogP contribution < -0.4 is 5.32 Å². The van der Waals surface area contributed by atoms with E-state index in [9.17, 15) is 0 Å². The highest BCUT2D eigenvalue weighted by molar-refractivity contribution is 7.99. The van der Waals surface area contributed by atoms with Gasteiger partial charge in [-0.3, -0.25) is 0 Å². The maximum Gasteiger partial charge on any atom is 0.138 e. The minimum absolute atomic E-state index is 0.530. The predicted molar refractivity (Wildman–Crippen MR) is 79.8 cm³/mol. The largest absolute Gasteiger partial charge is 0.383 e. The van der Waals surface area contributed by atoms with Crippen molar-refractivity contribution >= 4 is 17.4 Å². The predicted octanol–water partition coefficient (Wildman–Crippen LogP) is 2.57. The molecule has 0 amide bonds. The molecule has 19 heavy (non-hydrogen) atoms. The first-order valence-electron chi connectivity index (χ1n) is 6.54. The molecule has 0 spiro atoms. The Hall–Kier alpha value is -1.04. The molecule has 0 fully saturated rings. The summed E-state index contributed by atoms with van der Waals surface area (Å²) in [5.74, 6) is 0. The summed E-state index contributed by atoms with van der Waals surface area (Å²) in [5, 5.41) is 5.04. The lowest BCUT2D eigenvalue weighted by Crippen LogP contribution is -2.19. The first-order valence-corrected chi connectivity index (χ1v) is 7.42. The van der Waals surface area contributed by atoms with Crippen LogP contribution >= 0.6 is 11.8 Å². The molecule has 0 aliphatic carbocycles. The smallest absolute Gasteiger partial charge is 0.138 e. The summed E-state index contributed by atoms with van der Waals surface area (Å²) in [4.78, 5) is 4.71. The molecular weight excluding hydrogens is 258 g/mol. The molecule has 2 heterocycles. The highest BCUT2D eigenvalue weighted by atomic mass is 32.2. The number of pyridine rings is 1. The Kier molecular flexibility index (Phi) is 5.24. The number of ether oxygens (including phenoxy) is 1. The van der Waals surface area contributed by atoms with E-state index >= 15 is 0 Å². The Balaban J connectivity index is 2.21. The van der Waals surface area contributed by atoms with Crippen molar-refractivity contribution in [2.75, 3.05) is 20.3 Å². The highest BCUT2D eigenvalue weighted by Crippen LogP contribution is 2.26. The maximum atomic E-state index is 5.05. The van der Waals surface area contributed by atoms with Gasteiger partial charge in [-0.25, -0.2) is 4.98 Å². The lowest BCUT2D eigenvalue weighted by atomic mass is 10.4. The lowest BCUT2D eigenvalue weighted by molar-refractivity contribution is 0.199. The van der Waals surface area contributed by atoms with E-state index in [2.05, 4.69) is 29.8 Å². The van der Waals surface area contributed by atoms with Crippen LogP contribution in [0, 0.1) is 0 Å². The Morgan fingerprint density at radius 3 is 3.00 bits per heavy atom. The number of methoxy groups -OCH3 is 1. The summed E-state index contributed by atoms with van der Waals surface area (Å²) in [7, 11) is 1.72. The highest BCUT2D eigenvalue weighted by Gasteiger charge is 2.13. The average Bonchev–Trinajstić information content (AvgIpc) is 2.72. The van der Waals surface area contributed by atoms with Crippen molar-refractivity contribution in [3.8, 4) is 0 Å². The number of hydrogen-bond donors (Lipinski definition) is 1. The van der Waals surface area contributed by atoms with Crippen LogP contribution in [0.2, 0.25) is 0 Å². The van der Waals surface area contributed by atoms with Gasteiger partial charge in [0.1, 0.15) is 10.7 Å². The van der Waals surface area contributed by atoms with Gasteiger partial charge in [-0.05, 0) is 12.1 Å². The second-order valence-electron chi connectivity index (χ2n) is 4.63. The van der Waals surface area contributed by atoms with E-state index < -0.39 is 0 Å². The minimum Gasteiger partial charge on any atom is -0.383 e. The normalized spacial score (nSPS) is 11.6. The molecule has 4 nitrogen and oxygen atoms in total. The first kappa shape index (κ1) is 14.4. The number of fused-ring (bicyclic) bond motifs is 1. The second-order valence-corrected chi connectivity index (χ2v) is 6.19. The minimum atomic E-state index is 0.530. The van der Waals surface area contributed by atoms with Crippen LogP contribution in [0.4, 0.5) is 0 Å². The molecule has 5 heteroatoms. The van der Waals surface area contributed by atoms with Gasteiger partial charge in [0.2, 0.25) is 0 Å². The van der Waals surface area contributed by atoms with E-state index in [0.717, 1.165) is 30.4 Å². The van der Waals surface area contributed by atoms with Gasteiger partial charge in [-0.1, -0.05) is 19.9 Å². The molecule has 2 aromatic rings. The molecule has 0 aliphatic heterocycles. The number of nitrogens with zero attached hydrogens (tertiary/aromatic N) is 2. The van der Waals surface area contributed by atoms with Crippen LogP contribution in [0.15, 0.2) is 29.4 Å². The number of aromatic nitrogens is 2. The molecule has 2 rings (SSSR count). The average molecular weight is 279 g/mol. The number of thioether (sulfide) groups is 1. The fourth-order valence-electron chi connectivity index (χ4n) is 1.88. The Morgan fingerprint density at radius 2 is 2.26 bits per heavy atom. The van der Waals surface area contributed by atoms with Crippen molar-refractivity contribution < 1.29 is 4.74 Å². The van der Waals surface area contributed by atoms with Crippen molar-refractivity contribution in [3.05, 3.63) is 30.1 Å². The van der Waals surface area contributed by atoms with E-state index in [0.29, 0.717) is 5.25 Å². The topological polar surface area (TPSA) is 38.6 Å². The van der Waals surface area contributed by atoms with Gasteiger partial charge in [0.15, 0.2) is 0 Å². The van der Waals surface area contributed by atoms with Crippen LogP contribution in [0.25, 0.3) is 5.65 Å². The van der Waals surface area contributed by atoms with E-state index in [1.54, 1.807) is 7.11 Å². The SMILES string of the molecule is COCCNCc1c(SC(C)C)nc2ccccn12. The van der Waals surface area contributed by atoms with Crippen LogP contribution in [0.5, 0.6) is 0 Å². The summed E-state index contributed by atoms with van der Waals surface area (Å²) in [5.41, 5.74) is 2.24. The second kappa shape index (κ2) is 6.93. The van der Waals surface area contributed by atoms with Crippen LogP contribution in [-0.4, -0.2) is 34.9 Å². The van der Waals surface area contributed by atoms with Crippen LogP contribution in [0.3, 0.4) is 0 Å². The van der Waals surface area contributed by atoms with Gasteiger partial charge in [-0.15, -0.1) is 11.8 Å². The number of rotatable bonds is 7. The van der Waals surface area contributed by atoms with Crippen molar-refractivity contribution in [3.63, 3.8) is 0 Å². The van der Waals surface area contributed by atoms with Crippen molar-refractivity contribution in [1.29, 1.82) is 0 Å². The molecule has 0 unspecified atom stereocenters. The molecule has 0 aromatic carbocycles. The zero-order chi connectivity index (χ0) is 13.7. The van der Waals surface area contributed by atoms with E-state index in [1.165, 1.54) is 5.69 Å². The van der Waals surface area contributed by atoms with Gasteiger partial charge in [-0.2, -0.15) is 0 Å². The fourth-order valence-corrected chi connectivity index (χ4v) is 2.78. The zero-order valence-electron chi connectivity index (χ0n) is 11.7. The maximum absolute atomic E-state index is 5.05. The zero-order valence-corrected chi connectivity index (χ0v) is 12.5. The molecule has 0 saturated carbocycles. The van der Waals surface area contributed by atoms with Crippen molar-refractivity contribution in [1.82, 2.24) is 14.7 Å². The first-order chi connectivity index (χ1) is 9.22. The van der Waals surface area contributed by atoms with Crippen LogP contribution in [0.1, 0.15) is 19.5 Å². The van der Waals surface area contributed by atoms with E-state index in [-0.39, 0.29) is 0 Å². The molecule has 0 radical (unpaired) electrons. The third-order valence-corrected chi connectivity index (χ3v) is 3.74. The molecule has 1 N–H and O–H groups in total. The molecule has 0 saturated heterocycles. The van der Waals surface area contributed by atoms with E-state index in [4.69, 9.17) is 9.72 Å². The third-order valence-electron chi connectivity index (χ3n) is 2.71. The van der Waals surface area contributed by atoms with Gasteiger partial charge < -0.3 is 14.5 Å². The Morgan fingerprint density at radius 1 is 1.42 bits per heavy atom. The quantitative estimate of drug-likeness (QED) is 0.624. The summed E-state index contributed by atoms with van der Waals surface area (Å²) in [6, 6.07) is 6.11. The standard InChI is InChI=1S/C14H21N3OS/c1-11(2)19-14-12(10-15-7-9-18-3)17-8-5-4-6-13(17)16-14/h4-6,8,11,15H,7,9-10H2,1-3H3. The van der Waals surface area contributed by atoms with Gasteiger partial charge >= 0.3 is 0 Å². The van der Waals surface area contributed by atoms with Gasteiger partial charge in [0.05, 0.1) is 12.3 Å². The molecule has 0 bridgehead atoms. The summed E-state index contributed by atoms with van der Waals surface area (Å²) < 4.78 is 7.21. The molecular formula is C14H21N3OS. The number of nitrogens with one attached hydrogen (secondary N) is 1. The fraction of sp³-hybridized carbons (Fsp3) is 0.500. The number of imidazole rings is 1. The molecule has 2 aromatic heterocycles. The Labute approximate surface area is 118 Å². The van der Waals surface area contributed by atoms with Gasteiger partial charge in [0, 0.05) is 31.6 Å². The van der Waals surface area contributed by atoms with Gasteiger partial charge in [0.25, 0.3) is 0 Å². The van der Waals surface area contributed by atoms with E-state index in [1.807, 2.05) is 30.0 Å². The summed E-state index contributed by atoms with van der Waals surface area (Å²) in [6.45, 7) is 6.77. The summed E-state index contributed by atoms with van der Waals surface area (Å²) in [6.07, 6.45) is 2.07. The molecule has 0 aliphatic rings. The monoisotopic (exact) mass is 279 g/mol.